The number of carbonyl (C=O) groups is 1. The summed E-state index contributed by atoms with van der Waals surface area (Å²) in [6, 6.07) is 9.93. The molecule has 1 atom stereocenters. The maximum Gasteiger partial charge on any atom is 0.338 e. The van der Waals surface area contributed by atoms with Gasteiger partial charge in [-0.1, -0.05) is 30.7 Å². The van der Waals surface area contributed by atoms with Crippen LogP contribution < -0.4 is 14.9 Å². The van der Waals surface area contributed by atoms with E-state index in [-0.39, 0.29) is 17.9 Å². The quantitative estimate of drug-likeness (QED) is 0.157. The van der Waals surface area contributed by atoms with Crippen LogP contribution in [0.2, 0.25) is 0 Å². The van der Waals surface area contributed by atoms with Gasteiger partial charge in [0.05, 0.1) is 27.3 Å². The molecule has 4 aromatic rings. The second-order valence-electron chi connectivity index (χ2n) is 9.33. The molecule has 0 radical (unpaired) electrons. The van der Waals surface area contributed by atoms with Crippen molar-refractivity contribution in [2.45, 2.75) is 46.6 Å². The molecule has 3 aromatic heterocycles. The van der Waals surface area contributed by atoms with Crippen molar-refractivity contribution in [1.29, 1.82) is 0 Å². The minimum absolute atomic E-state index is 0.0233. The van der Waals surface area contributed by atoms with Gasteiger partial charge in [-0.25, -0.2) is 9.79 Å². The predicted octanol–water partition coefficient (Wildman–Crippen LogP) is 5.43. The van der Waals surface area contributed by atoms with Crippen LogP contribution in [0.1, 0.15) is 54.5 Å². The highest BCUT2D eigenvalue weighted by molar-refractivity contribution is 7.10. The van der Waals surface area contributed by atoms with E-state index in [4.69, 9.17) is 14.1 Å². The molecule has 1 unspecified atom stereocenters. The van der Waals surface area contributed by atoms with Crippen molar-refractivity contribution in [1.82, 2.24) is 4.57 Å². The van der Waals surface area contributed by atoms with Gasteiger partial charge in [0.2, 0.25) is 0 Å². The monoisotopic (exact) mass is 577 g/mol. The molecule has 0 saturated heterocycles. The topological polar surface area (TPSA) is 117 Å². The summed E-state index contributed by atoms with van der Waals surface area (Å²) in [4.78, 5) is 44.1. The number of hydrogen-bond acceptors (Lipinski definition) is 9. The molecular formula is C29H27N3O6S2. The van der Waals surface area contributed by atoms with Gasteiger partial charge in [0.1, 0.15) is 17.6 Å². The van der Waals surface area contributed by atoms with Crippen LogP contribution in [0.25, 0.3) is 17.4 Å². The maximum atomic E-state index is 13.8. The number of nitrogens with zero attached hydrogens (tertiary/aromatic N) is 3. The van der Waals surface area contributed by atoms with E-state index in [0.29, 0.717) is 49.7 Å². The SMILES string of the molecule is CCCC1=C(C(=O)OCC)C(c2cccs2)n2c(s/c(=C\c3ccc(-c4cc(C)c(C)c([N+](=O)[O-])c4)o3)c2=O)=N1. The van der Waals surface area contributed by atoms with Crippen molar-refractivity contribution in [3.05, 3.63) is 105 Å². The molecule has 0 amide bonds. The standard InChI is InChI=1S/C29H27N3O6S2/c1-5-8-20-25(28(34)37-6-2)26(23-9-7-12-39-23)31-27(33)24(40-29(31)30-20)15-19-10-11-22(38-19)18-13-16(3)17(4)21(14-18)32(35)36/h7,9-15,26H,5-6,8H2,1-4H3/b24-15-. The number of benzene rings is 1. The maximum absolute atomic E-state index is 13.8. The number of furan rings is 1. The minimum atomic E-state index is -0.637. The summed E-state index contributed by atoms with van der Waals surface area (Å²) >= 11 is 2.69. The lowest BCUT2D eigenvalue weighted by molar-refractivity contribution is -0.385. The summed E-state index contributed by atoms with van der Waals surface area (Å²) in [6.07, 6.45) is 2.99. The molecular weight excluding hydrogens is 550 g/mol. The summed E-state index contributed by atoms with van der Waals surface area (Å²) in [5.41, 5.74) is 2.72. The summed E-state index contributed by atoms with van der Waals surface area (Å²) in [5.74, 6) is 0.407. The number of thiophene rings is 1. The van der Waals surface area contributed by atoms with Gasteiger partial charge in [0, 0.05) is 28.1 Å². The fourth-order valence-corrected chi connectivity index (χ4v) is 6.55. The smallest absolute Gasteiger partial charge is 0.338 e. The minimum Gasteiger partial charge on any atom is -0.463 e. The Morgan fingerprint density at radius 1 is 1.25 bits per heavy atom. The van der Waals surface area contributed by atoms with Gasteiger partial charge >= 0.3 is 5.97 Å². The fraction of sp³-hybridized carbons (Fsp3) is 0.276. The highest BCUT2D eigenvalue weighted by Gasteiger charge is 2.34. The van der Waals surface area contributed by atoms with Crippen LogP contribution >= 0.6 is 22.7 Å². The molecule has 0 bridgehead atoms. The Hall–Kier alpha value is -4.09. The third-order valence-electron chi connectivity index (χ3n) is 6.73. The van der Waals surface area contributed by atoms with Crippen LogP contribution in [-0.4, -0.2) is 22.1 Å². The Labute approximate surface area is 237 Å². The molecule has 9 nitrogen and oxygen atoms in total. The first-order valence-corrected chi connectivity index (χ1v) is 14.5. The second kappa shape index (κ2) is 11.2. The molecule has 11 heteroatoms. The predicted molar refractivity (Wildman–Crippen MR) is 154 cm³/mol. The molecule has 40 heavy (non-hydrogen) atoms. The molecule has 0 saturated carbocycles. The lowest BCUT2D eigenvalue weighted by Gasteiger charge is -2.24. The zero-order valence-corrected chi connectivity index (χ0v) is 24.1. The lowest BCUT2D eigenvalue weighted by Crippen LogP contribution is -2.39. The summed E-state index contributed by atoms with van der Waals surface area (Å²) in [7, 11) is 0. The average molecular weight is 578 g/mol. The van der Waals surface area contributed by atoms with E-state index in [9.17, 15) is 19.7 Å². The van der Waals surface area contributed by atoms with Crippen molar-refractivity contribution in [3.8, 4) is 11.3 Å². The van der Waals surface area contributed by atoms with Crippen LogP contribution in [0.5, 0.6) is 0 Å². The van der Waals surface area contributed by atoms with Gasteiger partial charge in [0.15, 0.2) is 4.80 Å². The lowest BCUT2D eigenvalue weighted by atomic mass is 9.99. The molecule has 0 N–H and O–H groups in total. The number of aryl methyl sites for hydroxylation is 1. The van der Waals surface area contributed by atoms with E-state index in [1.165, 1.54) is 28.7 Å². The van der Waals surface area contributed by atoms with E-state index in [1.54, 1.807) is 36.6 Å². The van der Waals surface area contributed by atoms with E-state index in [2.05, 4.69) is 0 Å². The normalized spacial score (nSPS) is 15.2. The van der Waals surface area contributed by atoms with Gasteiger partial charge in [-0.15, -0.1) is 11.3 Å². The van der Waals surface area contributed by atoms with Gasteiger partial charge in [-0.2, -0.15) is 0 Å². The van der Waals surface area contributed by atoms with Gasteiger partial charge in [-0.3, -0.25) is 19.5 Å². The second-order valence-corrected chi connectivity index (χ2v) is 11.3. The van der Waals surface area contributed by atoms with Crippen molar-refractivity contribution in [2.75, 3.05) is 6.61 Å². The number of ether oxygens (including phenoxy) is 1. The summed E-state index contributed by atoms with van der Waals surface area (Å²) < 4.78 is 13.4. The van der Waals surface area contributed by atoms with E-state index < -0.39 is 16.9 Å². The number of carbonyl (C=O) groups excluding carboxylic acids is 1. The number of hydrogen-bond donors (Lipinski definition) is 0. The van der Waals surface area contributed by atoms with Crippen LogP contribution in [0.3, 0.4) is 0 Å². The van der Waals surface area contributed by atoms with Crippen molar-refractivity contribution >= 4 is 40.4 Å². The number of thiazole rings is 1. The van der Waals surface area contributed by atoms with E-state index in [1.807, 2.05) is 37.4 Å². The van der Waals surface area contributed by atoms with Crippen LogP contribution in [0.15, 0.2) is 67.3 Å². The first-order valence-electron chi connectivity index (χ1n) is 12.8. The van der Waals surface area contributed by atoms with E-state index in [0.717, 1.165) is 16.9 Å². The van der Waals surface area contributed by atoms with Crippen LogP contribution in [0.4, 0.5) is 5.69 Å². The molecule has 206 valence electrons. The summed E-state index contributed by atoms with van der Waals surface area (Å²) in [6.45, 7) is 7.51. The Morgan fingerprint density at radius 3 is 2.73 bits per heavy atom. The van der Waals surface area contributed by atoms with Crippen molar-refractivity contribution < 1.29 is 18.9 Å². The number of allylic oxidation sites excluding steroid dienone is 1. The van der Waals surface area contributed by atoms with Gasteiger partial charge in [0.25, 0.3) is 11.2 Å². The molecule has 5 rings (SSSR count). The van der Waals surface area contributed by atoms with E-state index >= 15 is 0 Å². The third kappa shape index (κ3) is 4.98. The van der Waals surface area contributed by atoms with Gasteiger partial charge < -0.3 is 9.15 Å². The highest BCUT2D eigenvalue weighted by atomic mass is 32.1. The molecule has 0 spiro atoms. The zero-order valence-electron chi connectivity index (χ0n) is 22.4. The highest BCUT2D eigenvalue weighted by Crippen LogP contribution is 2.35. The van der Waals surface area contributed by atoms with Crippen LogP contribution in [-0.2, 0) is 9.53 Å². The van der Waals surface area contributed by atoms with Crippen molar-refractivity contribution in [3.63, 3.8) is 0 Å². The number of aromatic nitrogens is 1. The molecule has 0 fully saturated rings. The molecule has 1 aromatic carbocycles. The first kappa shape index (κ1) is 27.5. The molecule has 0 aliphatic carbocycles. The number of fused-ring (bicyclic) bond motifs is 1. The van der Waals surface area contributed by atoms with Crippen molar-refractivity contribution in [2.24, 2.45) is 4.99 Å². The Bertz CT molecular complexity index is 1830. The average Bonchev–Trinajstić information content (AvgIpc) is 3.67. The zero-order chi connectivity index (χ0) is 28.6. The number of rotatable bonds is 8. The summed E-state index contributed by atoms with van der Waals surface area (Å²) in [5, 5.41) is 13.4. The Balaban J connectivity index is 1.63. The van der Waals surface area contributed by atoms with Crippen LogP contribution in [0, 0.1) is 24.0 Å². The first-order chi connectivity index (χ1) is 19.2. The fourth-order valence-electron chi connectivity index (χ4n) is 4.72. The number of nitro groups is 1. The van der Waals surface area contributed by atoms with Gasteiger partial charge in [-0.05, 0) is 62.4 Å². The largest absolute Gasteiger partial charge is 0.463 e. The Morgan fingerprint density at radius 2 is 2.05 bits per heavy atom. The Kier molecular flexibility index (Phi) is 7.68. The number of nitro benzene ring substituents is 1. The number of esters is 1. The molecule has 1 aliphatic heterocycles. The molecule has 4 heterocycles. The molecule has 1 aliphatic rings. The third-order valence-corrected chi connectivity index (χ3v) is 8.63.